The van der Waals surface area contributed by atoms with Crippen molar-refractivity contribution in [2.75, 3.05) is 5.73 Å². The number of benzene rings is 1. The van der Waals surface area contributed by atoms with E-state index in [0.717, 1.165) is 22.4 Å². The van der Waals surface area contributed by atoms with Gasteiger partial charge in [-0.05, 0) is 24.6 Å². The number of aromatic nitrogens is 2. The van der Waals surface area contributed by atoms with Crippen molar-refractivity contribution in [2.24, 2.45) is 0 Å². The van der Waals surface area contributed by atoms with Crippen LogP contribution in [0.3, 0.4) is 0 Å². The molecule has 0 atom stereocenters. The predicted octanol–water partition coefficient (Wildman–Crippen LogP) is 3.29. The minimum Gasteiger partial charge on any atom is -0.367 e. The molecule has 0 saturated heterocycles. The van der Waals surface area contributed by atoms with Crippen molar-refractivity contribution < 1.29 is 4.52 Å². The summed E-state index contributed by atoms with van der Waals surface area (Å²) in [4.78, 5) is 4.29. The zero-order chi connectivity index (χ0) is 13.2. The molecule has 1 aromatic carbocycles. The quantitative estimate of drug-likeness (QED) is 0.759. The maximum Gasteiger partial charge on any atom is 0.230 e. The number of nitrogens with zero attached hydrogens (tertiary/aromatic N) is 2. The second-order valence-electron chi connectivity index (χ2n) is 4.35. The Bertz CT molecular complexity index is 704. The minimum absolute atomic E-state index is 0.311. The van der Waals surface area contributed by atoms with E-state index < -0.39 is 0 Å². The van der Waals surface area contributed by atoms with Crippen LogP contribution in [0.1, 0.15) is 5.56 Å². The lowest BCUT2D eigenvalue weighted by molar-refractivity contribution is 0.439. The van der Waals surface area contributed by atoms with E-state index in [1.807, 2.05) is 43.3 Å². The number of rotatable bonds is 2. The number of nitrogens with two attached hydrogens (primary N) is 1. The molecule has 2 heterocycles. The fraction of sp³-hybridized carbons (Fsp3) is 0.0667. The average molecular weight is 251 g/mol. The molecule has 0 saturated carbocycles. The first-order valence-corrected chi connectivity index (χ1v) is 5.99. The van der Waals surface area contributed by atoms with Crippen molar-refractivity contribution in [3.05, 3.63) is 54.2 Å². The Morgan fingerprint density at radius 1 is 1.11 bits per heavy atom. The van der Waals surface area contributed by atoms with Crippen molar-refractivity contribution in [1.29, 1.82) is 0 Å². The second-order valence-corrected chi connectivity index (χ2v) is 4.35. The fourth-order valence-electron chi connectivity index (χ4n) is 2.06. The van der Waals surface area contributed by atoms with Crippen LogP contribution in [0.25, 0.3) is 22.5 Å². The van der Waals surface area contributed by atoms with Gasteiger partial charge in [-0.2, -0.15) is 0 Å². The summed E-state index contributed by atoms with van der Waals surface area (Å²) in [5.74, 6) is 0.311. The van der Waals surface area contributed by atoms with Gasteiger partial charge in [0, 0.05) is 6.20 Å². The molecule has 2 N–H and O–H groups in total. The van der Waals surface area contributed by atoms with Crippen LogP contribution in [0.5, 0.6) is 0 Å². The zero-order valence-electron chi connectivity index (χ0n) is 10.5. The Hall–Kier alpha value is -2.62. The third-order valence-corrected chi connectivity index (χ3v) is 2.93. The van der Waals surface area contributed by atoms with Gasteiger partial charge >= 0.3 is 0 Å². The molecule has 4 heteroatoms. The van der Waals surface area contributed by atoms with Gasteiger partial charge in [0.05, 0.1) is 11.3 Å². The number of aryl methyl sites for hydroxylation is 1. The van der Waals surface area contributed by atoms with E-state index in [-0.39, 0.29) is 0 Å². The molecule has 0 unspecified atom stereocenters. The monoisotopic (exact) mass is 251 g/mol. The molecule has 0 bridgehead atoms. The molecule has 0 aliphatic heterocycles. The standard InChI is InChI=1S/C15H13N3O/c1-10-5-4-6-11(9-10)13-14(18-19-15(13)16)12-7-2-3-8-17-12/h2-9H,16H2,1H3. The third-order valence-electron chi connectivity index (χ3n) is 2.93. The highest BCUT2D eigenvalue weighted by atomic mass is 16.5. The van der Waals surface area contributed by atoms with Gasteiger partial charge in [0.2, 0.25) is 5.88 Å². The number of nitrogen functional groups attached to an aromatic ring is 1. The first-order chi connectivity index (χ1) is 9.25. The van der Waals surface area contributed by atoms with Crippen LogP contribution in [0.2, 0.25) is 0 Å². The summed E-state index contributed by atoms with van der Waals surface area (Å²) in [6.45, 7) is 2.04. The number of anilines is 1. The number of hydrogen-bond acceptors (Lipinski definition) is 4. The Labute approximate surface area is 110 Å². The molecule has 0 aliphatic carbocycles. The highest BCUT2D eigenvalue weighted by molar-refractivity contribution is 5.85. The smallest absolute Gasteiger partial charge is 0.230 e. The van der Waals surface area contributed by atoms with Crippen molar-refractivity contribution in [3.8, 4) is 22.5 Å². The Kier molecular flexibility index (Phi) is 2.76. The Morgan fingerprint density at radius 2 is 2.00 bits per heavy atom. The van der Waals surface area contributed by atoms with E-state index in [4.69, 9.17) is 10.3 Å². The van der Waals surface area contributed by atoms with E-state index in [1.54, 1.807) is 6.20 Å². The molecule has 0 spiro atoms. The Morgan fingerprint density at radius 3 is 2.74 bits per heavy atom. The highest BCUT2D eigenvalue weighted by Gasteiger charge is 2.17. The fourth-order valence-corrected chi connectivity index (χ4v) is 2.06. The highest BCUT2D eigenvalue weighted by Crippen LogP contribution is 2.35. The zero-order valence-corrected chi connectivity index (χ0v) is 10.5. The van der Waals surface area contributed by atoms with Gasteiger partial charge in [0.25, 0.3) is 0 Å². The SMILES string of the molecule is Cc1cccc(-c2c(-c3ccccn3)noc2N)c1. The summed E-state index contributed by atoms with van der Waals surface area (Å²) in [6, 6.07) is 13.7. The largest absolute Gasteiger partial charge is 0.367 e. The summed E-state index contributed by atoms with van der Waals surface area (Å²) < 4.78 is 5.13. The van der Waals surface area contributed by atoms with Gasteiger partial charge in [-0.1, -0.05) is 41.1 Å². The molecule has 94 valence electrons. The first kappa shape index (κ1) is 11.5. The predicted molar refractivity (Wildman–Crippen MR) is 74.3 cm³/mol. The van der Waals surface area contributed by atoms with E-state index >= 15 is 0 Å². The van der Waals surface area contributed by atoms with Crippen LogP contribution >= 0.6 is 0 Å². The molecule has 19 heavy (non-hydrogen) atoms. The topological polar surface area (TPSA) is 64.9 Å². The van der Waals surface area contributed by atoms with Gasteiger partial charge in [-0.15, -0.1) is 0 Å². The summed E-state index contributed by atoms with van der Waals surface area (Å²) >= 11 is 0. The molecule has 4 nitrogen and oxygen atoms in total. The van der Waals surface area contributed by atoms with Crippen molar-refractivity contribution in [3.63, 3.8) is 0 Å². The molecular weight excluding hydrogens is 238 g/mol. The third kappa shape index (κ3) is 2.08. The van der Waals surface area contributed by atoms with Gasteiger partial charge in [-0.25, -0.2) is 0 Å². The van der Waals surface area contributed by atoms with Crippen molar-refractivity contribution in [1.82, 2.24) is 10.1 Å². The lowest BCUT2D eigenvalue weighted by atomic mass is 10.0. The second kappa shape index (κ2) is 4.57. The Balaban J connectivity index is 2.20. The van der Waals surface area contributed by atoms with Gasteiger partial charge in [0.1, 0.15) is 5.69 Å². The van der Waals surface area contributed by atoms with Crippen molar-refractivity contribution >= 4 is 5.88 Å². The van der Waals surface area contributed by atoms with Crippen molar-refractivity contribution in [2.45, 2.75) is 6.92 Å². The van der Waals surface area contributed by atoms with Crippen LogP contribution < -0.4 is 5.73 Å². The normalized spacial score (nSPS) is 10.6. The molecule has 2 aromatic heterocycles. The van der Waals surface area contributed by atoms with Gasteiger partial charge in [0.15, 0.2) is 0 Å². The molecular formula is C15H13N3O. The van der Waals surface area contributed by atoms with E-state index in [0.29, 0.717) is 11.6 Å². The summed E-state index contributed by atoms with van der Waals surface area (Å²) in [5, 5.41) is 4.03. The van der Waals surface area contributed by atoms with Crippen LogP contribution in [0.4, 0.5) is 5.88 Å². The van der Waals surface area contributed by atoms with Crippen LogP contribution in [-0.2, 0) is 0 Å². The maximum atomic E-state index is 5.90. The average Bonchev–Trinajstić information content (AvgIpc) is 2.82. The molecule has 0 radical (unpaired) electrons. The van der Waals surface area contributed by atoms with Crippen LogP contribution in [0, 0.1) is 6.92 Å². The summed E-state index contributed by atoms with van der Waals surface area (Å²) in [7, 11) is 0. The first-order valence-electron chi connectivity index (χ1n) is 5.99. The van der Waals surface area contributed by atoms with Crippen LogP contribution in [-0.4, -0.2) is 10.1 Å². The number of pyridine rings is 1. The van der Waals surface area contributed by atoms with E-state index in [9.17, 15) is 0 Å². The molecule has 0 amide bonds. The molecule has 3 aromatic rings. The van der Waals surface area contributed by atoms with Gasteiger partial charge in [-0.3, -0.25) is 4.98 Å². The summed E-state index contributed by atoms with van der Waals surface area (Å²) in [6.07, 6.45) is 1.72. The van der Waals surface area contributed by atoms with E-state index in [1.165, 1.54) is 0 Å². The lowest BCUT2D eigenvalue weighted by Crippen LogP contribution is -1.89. The molecule has 0 fully saturated rings. The summed E-state index contributed by atoms with van der Waals surface area (Å²) in [5.41, 5.74) is 10.3. The number of hydrogen-bond donors (Lipinski definition) is 1. The van der Waals surface area contributed by atoms with E-state index in [2.05, 4.69) is 16.2 Å². The molecule has 3 rings (SSSR count). The molecule has 0 aliphatic rings. The lowest BCUT2D eigenvalue weighted by Gasteiger charge is -2.03. The van der Waals surface area contributed by atoms with Gasteiger partial charge < -0.3 is 10.3 Å². The maximum absolute atomic E-state index is 5.90. The minimum atomic E-state index is 0.311. The van der Waals surface area contributed by atoms with Crippen LogP contribution in [0.15, 0.2) is 53.2 Å².